The van der Waals surface area contributed by atoms with Gasteiger partial charge in [0.05, 0.1) is 29.9 Å². The Morgan fingerprint density at radius 3 is 2.41 bits per heavy atom. The molecule has 0 atom stereocenters. The van der Waals surface area contributed by atoms with Crippen molar-refractivity contribution < 1.29 is 31.1 Å². The number of hydrogen-bond acceptors (Lipinski definition) is 5. The maximum Gasteiger partial charge on any atom is 0.416 e. The number of methoxy groups -OCH3 is 1. The number of alkyl halides is 3. The molecule has 0 bridgehead atoms. The minimum Gasteiger partial charge on any atom is -0.495 e. The van der Waals surface area contributed by atoms with Crippen molar-refractivity contribution in [2.45, 2.75) is 11.1 Å². The Labute approximate surface area is 188 Å². The van der Waals surface area contributed by atoms with Gasteiger partial charge in [-0.25, -0.2) is 8.42 Å². The standard InChI is InChI=1S/C20H21ClF3N3O4S/c1-31-17-5-3-2-4-16(17)25-19(28)13-26-8-10-27(11-9-26)32(29,30)18-12-14(20(22,23)24)6-7-15(18)21/h2-7,12H,8-11,13H2,1H3,(H,25,28). The SMILES string of the molecule is COc1ccccc1NC(=O)CN1CCN(S(=O)(=O)c2cc(C(F)(F)F)ccc2Cl)CC1. The highest BCUT2D eigenvalue weighted by molar-refractivity contribution is 7.89. The summed E-state index contributed by atoms with van der Waals surface area (Å²) in [7, 11) is -2.74. The lowest BCUT2D eigenvalue weighted by atomic mass is 10.2. The van der Waals surface area contributed by atoms with Crippen LogP contribution in [0.4, 0.5) is 18.9 Å². The number of piperazine rings is 1. The molecule has 0 spiro atoms. The molecule has 1 aliphatic heterocycles. The van der Waals surface area contributed by atoms with Gasteiger partial charge in [0.1, 0.15) is 10.6 Å². The molecule has 1 aliphatic rings. The molecule has 2 aromatic carbocycles. The highest BCUT2D eigenvalue weighted by Gasteiger charge is 2.35. The van der Waals surface area contributed by atoms with Crippen LogP contribution in [0.15, 0.2) is 47.4 Å². The fourth-order valence-corrected chi connectivity index (χ4v) is 5.21. The zero-order valence-electron chi connectivity index (χ0n) is 17.0. The molecular weight excluding hydrogens is 471 g/mol. The lowest BCUT2D eigenvalue weighted by Crippen LogP contribution is -2.50. The summed E-state index contributed by atoms with van der Waals surface area (Å²) in [6.07, 6.45) is -4.69. The monoisotopic (exact) mass is 491 g/mol. The number of nitrogens with zero attached hydrogens (tertiary/aromatic N) is 2. The van der Waals surface area contributed by atoms with Crippen molar-refractivity contribution in [3.63, 3.8) is 0 Å². The summed E-state index contributed by atoms with van der Waals surface area (Å²) in [6, 6.07) is 9.13. The van der Waals surface area contributed by atoms with E-state index >= 15 is 0 Å². The van der Waals surface area contributed by atoms with Gasteiger partial charge in [-0.05, 0) is 30.3 Å². The van der Waals surface area contributed by atoms with E-state index in [1.165, 1.54) is 7.11 Å². The molecule has 32 heavy (non-hydrogen) atoms. The first-order chi connectivity index (χ1) is 15.0. The van der Waals surface area contributed by atoms with Gasteiger partial charge in [-0.15, -0.1) is 0 Å². The van der Waals surface area contributed by atoms with Crippen LogP contribution in [-0.2, 0) is 21.0 Å². The maximum atomic E-state index is 13.0. The molecular formula is C20H21ClF3N3O4S. The minimum atomic E-state index is -4.69. The average molecular weight is 492 g/mol. The van der Waals surface area contributed by atoms with Crippen LogP contribution in [0.25, 0.3) is 0 Å². The van der Waals surface area contributed by atoms with Crippen LogP contribution in [0.5, 0.6) is 5.75 Å². The molecule has 3 rings (SSSR count). The van der Waals surface area contributed by atoms with E-state index in [4.69, 9.17) is 16.3 Å². The third kappa shape index (κ3) is 5.52. The number of amides is 1. The van der Waals surface area contributed by atoms with E-state index in [0.29, 0.717) is 17.5 Å². The van der Waals surface area contributed by atoms with E-state index in [2.05, 4.69) is 5.32 Å². The van der Waals surface area contributed by atoms with Crippen molar-refractivity contribution in [1.82, 2.24) is 9.21 Å². The molecule has 1 amide bonds. The Bertz CT molecular complexity index is 1090. The minimum absolute atomic E-state index is 0.0108. The van der Waals surface area contributed by atoms with Gasteiger partial charge < -0.3 is 10.1 Å². The number of carbonyl (C=O) groups excluding carboxylic acids is 1. The van der Waals surface area contributed by atoms with Gasteiger partial charge in [0.25, 0.3) is 0 Å². The Hall–Kier alpha value is -2.34. The van der Waals surface area contributed by atoms with Gasteiger partial charge in [-0.2, -0.15) is 17.5 Å². The van der Waals surface area contributed by atoms with Crippen molar-refractivity contribution in [1.29, 1.82) is 0 Å². The van der Waals surface area contributed by atoms with E-state index in [0.717, 1.165) is 16.4 Å². The van der Waals surface area contributed by atoms with Crippen LogP contribution in [0.1, 0.15) is 5.56 Å². The largest absolute Gasteiger partial charge is 0.495 e. The van der Waals surface area contributed by atoms with Crippen LogP contribution < -0.4 is 10.1 Å². The Balaban J connectivity index is 1.63. The highest BCUT2D eigenvalue weighted by Crippen LogP contribution is 2.34. The molecule has 174 valence electrons. The van der Waals surface area contributed by atoms with Gasteiger partial charge in [-0.3, -0.25) is 9.69 Å². The van der Waals surface area contributed by atoms with Gasteiger partial charge in [-0.1, -0.05) is 23.7 Å². The van der Waals surface area contributed by atoms with E-state index in [9.17, 15) is 26.4 Å². The van der Waals surface area contributed by atoms with E-state index in [1.807, 2.05) is 0 Å². The van der Waals surface area contributed by atoms with Crippen LogP contribution in [0.3, 0.4) is 0 Å². The fourth-order valence-electron chi connectivity index (χ4n) is 3.29. The summed E-state index contributed by atoms with van der Waals surface area (Å²) >= 11 is 5.90. The van der Waals surface area contributed by atoms with Gasteiger partial charge in [0, 0.05) is 26.2 Å². The number of sulfonamides is 1. The lowest BCUT2D eigenvalue weighted by Gasteiger charge is -2.33. The first kappa shape index (κ1) is 24.3. The zero-order valence-corrected chi connectivity index (χ0v) is 18.6. The van der Waals surface area contributed by atoms with Crippen molar-refractivity contribution in [3.8, 4) is 5.75 Å². The lowest BCUT2D eigenvalue weighted by molar-refractivity contribution is -0.137. The van der Waals surface area contributed by atoms with Crippen LogP contribution >= 0.6 is 11.6 Å². The predicted octanol–water partition coefficient (Wildman–Crippen LogP) is 3.31. The zero-order chi connectivity index (χ0) is 23.5. The summed E-state index contributed by atoms with van der Waals surface area (Å²) in [5.41, 5.74) is -0.576. The van der Waals surface area contributed by atoms with Gasteiger partial charge in [0.2, 0.25) is 15.9 Å². The number of anilines is 1. The Kier molecular flexibility index (Phi) is 7.33. The third-order valence-corrected chi connectivity index (χ3v) is 7.34. The number of nitrogens with one attached hydrogen (secondary N) is 1. The number of para-hydroxylation sites is 2. The number of hydrogen-bond donors (Lipinski definition) is 1. The molecule has 0 aliphatic carbocycles. The predicted molar refractivity (Wildman–Crippen MR) is 113 cm³/mol. The number of carbonyl (C=O) groups is 1. The smallest absolute Gasteiger partial charge is 0.416 e. The molecule has 1 fully saturated rings. The summed E-state index contributed by atoms with van der Waals surface area (Å²) in [4.78, 5) is 13.5. The van der Waals surface area contributed by atoms with Crippen LogP contribution in [0, 0.1) is 0 Å². The Morgan fingerprint density at radius 1 is 1.12 bits per heavy atom. The van der Waals surface area contributed by atoms with Crippen molar-refractivity contribution in [2.24, 2.45) is 0 Å². The quantitative estimate of drug-likeness (QED) is 0.670. The molecule has 1 N–H and O–H groups in total. The topological polar surface area (TPSA) is 79.0 Å². The Morgan fingerprint density at radius 2 is 1.78 bits per heavy atom. The summed E-state index contributed by atoms with van der Waals surface area (Å²) in [5, 5.41) is 2.46. The molecule has 7 nitrogen and oxygen atoms in total. The summed E-state index contributed by atoms with van der Waals surface area (Å²) in [6.45, 7) is 0.508. The number of halogens is 4. The van der Waals surface area contributed by atoms with Crippen LogP contribution in [-0.4, -0.2) is 63.4 Å². The van der Waals surface area contributed by atoms with Gasteiger partial charge >= 0.3 is 6.18 Å². The molecule has 1 saturated heterocycles. The normalized spacial score (nSPS) is 16.0. The van der Waals surface area contributed by atoms with Gasteiger partial charge in [0.15, 0.2) is 0 Å². The second-order valence-corrected chi connectivity index (χ2v) is 9.39. The van der Waals surface area contributed by atoms with E-state index in [1.54, 1.807) is 29.2 Å². The van der Waals surface area contributed by atoms with Crippen LogP contribution in [0.2, 0.25) is 5.02 Å². The van der Waals surface area contributed by atoms with E-state index < -0.39 is 26.7 Å². The number of ether oxygens (including phenoxy) is 1. The molecule has 0 saturated carbocycles. The highest BCUT2D eigenvalue weighted by atomic mass is 35.5. The number of rotatable bonds is 6. The second kappa shape index (κ2) is 9.65. The van der Waals surface area contributed by atoms with Crippen molar-refractivity contribution in [2.75, 3.05) is 45.2 Å². The summed E-state index contributed by atoms with van der Waals surface area (Å²) in [5.74, 6) is 0.210. The maximum absolute atomic E-state index is 13.0. The molecule has 2 aromatic rings. The molecule has 12 heteroatoms. The third-order valence-electron chi connectivity index (χ3n) is 4.96. The number of benzene rings is 2. The first-order valence-corrected chi connectivity index (χ1v) is 11.4. The molecule has 0 radical (unpaired) electrons. The molecule has 0 aromatic heterocycles. The second-order valence-electron chi connectivity index (χ2n) is 7.07. The first-order valence-electron chi connectivity index (χ1n) is 9.54. The fraction of sp³-hybridized carbons (Fsp3) is 0.350. The molecule has 0 unspecified atom stereocenters. The molecule has 1 heterocycles. The average Bonchev–Trinajstić information content (AvgIpc) is 2.73. The van der Waals surface area contributed by atoms with Crippen molar-refractivity contribution >= 4 is 33.2 Å². The van der Waals surface area contributed by atoms with E-state index in [-0.39, 0.29) is 43.7 Å². The summed E-state index contributed by atoms with van der Waals surface area (Å²) < 4.78 is 71.0. The van der Waals surface area contributed by atoms with Crippen molar-refractivity contribution in [3.05, 3.63) is 53.1 Å².